The molecule has 4 rings (SSSR count). The van der Waals surface area contributed by atoms with Crippen LogP contribution in [-0.2, 0) is 11.2 Å². The van der Waals surface area contributed by atoms with E-state index in [1.807, 2.05) is 24.1 Å². The van der Waals surface area contributed by atoms with Crippen LogP contribution in [0.3, 0.4) is 0 Å². The Morgan fingerprint density at radius 1 is 1.10 bits per heavy atom. The van der Waals surface area contributed by atoms with Crippen molar-refractivity contribution in [2.24, 2.45) is 4.99 Å². The number of para-hydroxylation sites is 1. The van der Waals surface area contributed by atoms with Gasteiger partial charge in [0.1, 0.15) is 0 Å². The Morgan fingerprint density at radius 2 is 1.87 bits per heavy atom. The fraction of sp³-hybridized carbons (Fsp3) is 0.417. The number of fused-ring (bicyclic) bond motifs is 1. The summed E-state index contributed by atoms with van der Waals surface area (Å²) in [5.41, 5.74) is 3.77. The lowest BCUT2D eigenvalue weighted by Gasteiger charge is -2.22. The van der Waals surface area contributed by atoms with Gasteiger partial charge in [-0.15, -0.1) is 24.0 Å². The second kappa shape index (κ2) is 10.8. The molecule has 2 heterocycles. The number of hydrogen-bond donors (Lipinski definition) is 1. The van der Waals surface area contributed by atoms with E-state index in [1.165, 1.54) is 11.1 Å². The normalized spacial score (nSPS) is 18.2. The molecule has 2 aromatic rings. The van der Waals surface area contributed by atoms with Crippen molar-refractivity contribution in [2.45, 2.75) is 31.6 Å². The SMILES string of the molecule is CN=C(NCCCC(=O)N1CCc2ccccc21)N1CCC(c2ccccc2)C1.I. The number of hydrogen-bond acceptors (Lipinski definition) is 2. The molecule has 0 bridgehead atoms. The molecule has 1 atom stereocenters. The molecule has 1 amide bonds. The Kier molecular flexibility index (Phi) is 8.13. The number of amides is 1. The number of rotatable bonds is 5. The summed E-state index contributed by atoms with van der Waals surface area (Å²) >= 11 is 0. The minimum Gasteiger partial charge on any atom is -0.356 e. The standard InChI is InChI=1S/C24H30N4O.HI/c1-25-24(27-16-13-21(18-27)19-8-3-2-4-9-19)26-15-7-12-23(29)28-17-14-20-10-5-6-11-22(20)28;/h2-6,8-11,21H,7,12-18H2,1H3,(H,25,26);1H. The van der Waals surface area contributed by atoms with Gasteiger partial charge in [0.25, 0.3) is 0 Å². The van der Waals surface area contributed by atoms with Crippen LogP contribution in [0.4, 0.5) is 5.69 Å². The Hall–Kier alpha value is -2.09. The third-order valence-electron chi connectivity index (χ3n) is 6.01. The van der Waals surface area contributed by atoms with Crippen LogP contribution in [0.1, 0.15) is 36.3 Å². The number of guanidine groups is 1. The topological polar surface area (TPSA) is 47.9 Å². The molecule has 1 saturated heterocycles. The molecule has 2 aliphatic heterocycles. The quantitative estimate of drug-likeness (QED) is 0.282. The molecule has 30 heavy (non-hydrogen) atoms. The minimum atomic E-state index is 0. The maximum absolute atomic E-state index is 12.6. The number of carbonyl (C=O) groups is 1. The fourth-order valence-electron chi connectivity index (χ4n) is 4.45. The van der Waals surface area contributed by atoms with Crippen LogP contribution in [0.5, 0.6) is 0 Å². The number of likely N-dealkylation sites (tertiary alicyclic amines) is 1. The first kappa shape index (κ1) is 22.6. The molecule has 0 radical (unpaired) electrons. The molecule has 2 aliphatic rings. The summed E-state index contributed by atoms with van der Waals surface area (Å²) in [5.74, 6) is 1.73. The first-order valence-electron chi connectivity index (χ1n) is 10.6. The number of carbonyl (C=O) groups excluding carboxylic acids is 1. The van der Waals surface area contributed by atoms with Crippen LogP contribution in [0.15, 0.2) is 59.6 Å². The lowest BCUT2D eigenvalue weighted by molar-refractivity contribution is -0.118. The van der Waals surface area contributed by atoms with E-state index in [-0.39, 0.29) is 29.9 Å². The molecule has 0 aliphatic carbocycles. The molecule has 1 unspecified atom stereocenters. The molecule has 2 aromatic carbocycles. The lowest BCUT2D eigenvalue weighted by atomic mass is 9.99. The number of anilines is 1. The van der Waals surface area contributed by atoms with Gasteiger partial charge < -0.3 is 15.1 Å². The van der Waals surface area contributed by atoms with E-state index < -0.39 is 0 Å². The first-order chi connectivity index (χ1) is 14.3. The number of nitrogens with zero attached hydrogens (tertiary/aromatic N) is 3. The molecule has 1 fully saturated rings. The van der Waals surface area contributed by atoms with E-state index in [0.29, 0.717) is 12.3 Å². The molecule has 1 N–H and O–H groups in total. The van der Waals surface area contributed by atoms with Gasteiger partial charge in [-0.25, -0.2) is 0 Å². The number of halogens is 1. The molecular weight excluding hydrogens is 487 g/mol. The third kappa shape index (κ3) is 5.14. The van der Waals surface area contributed by atoms with Crippen LogP contribution < -0.4 is 10.2 Å². The molecular formula is C24H31IN4O. The molecule has 0 saturated carbocycles. The predicted molar refractivity (Wildman–Crippen MR) is 134 cm³/mol. The summed E-state index contributed by atoms with van der Waals surface area (Å²) in [7, 11) is 1.84. The van der Waals surface area contributed by atoms with Gasteiger partial charge in [-0.3, -0.25) is 9.79 Å². The Bertz CT molecular complexity index is 871. The second-order valence-electron chi connectivity index (χ2n) is 7.84. The van der Waals surface area contributed by atoms with Gasteiger partial charge >= 0.3 is 0 Å². The Labute approximate surface area is 196 Å². The smallest absolute Gasteiger partial charge is 0.227 e. The largest absolute Gasteiger partial charge is 0.356 e. The van der Waals surface area contributed by atoms with Gasteiger partial charge in [0, 0.05) is 51.3 Å². The maximum Gasteiger partial charge on any atom is 0.227 e. The second-order valence-corrected chi connectivity index (χ2v) is 7.84. The average Bonchev–Trinajstić information content (AvgIpc) is 3.42. The van der Waals surface area contributed by atoms with Crippen molar-refractivity contribution in [3.05, 3.63) is 65.7 Å². The number of aliphatic imine (C=N–C) groups is 1. The van der Waals surface area contributed by atoms with Gasteiger partial charge in [0.2, 0.25) is 5.91 Å². The fourth-order valence-corrected chi connectivity index (χ4v) is 4.45. The zero-order valence-electron chi connectivity index (χ0n) is 17.6. The van der Waals surface area contributed by atoms with Crippen molar-refractivity contribution in [3.63, 3.8) is 0 Å². The predicted octanol–water partition coefficient (Wildman–Crippen LogP) is 4.04. The minimum absolute atomic E-state index is 0. The van der Waals surface area contributed by atoms with E-state index in [4.69, 9.17) is 0 Å². The maximum atomic E-state index is 12.6. The van der Waals surface area contributed by atoms with Crippen molar-refractivity contribution >= 4 is 41.5 Å². The van der Waals surface area contributed by atoms with Crippen molar-refractivity contribution < 1.29 is 4.79 Å². The average molecular weight is 518 g/mol. The van der Waals surface area contributed by atoms with Gasteiger partial charge in [-0.1, -0.05) is 48.5 Å². The highest BCUT2D eigenvalue weighted by atomic mass is 127. The molecule has 5 nitrogen and oxygen atoms in total. The van der Waals surface area contributed by atoms with Crippen LogP contribution in [0, 0.1) is 0 Å². The Morgan fingerprint density at radius 3 is 2.67 bits per heavy atom. The first-order valence-corrected chi connectivity index (χ1v) is 10.6. The number of nitrogens with one attached hydrogen (secondary N) is 1. The molecule has 0 aromatic heterocycles. The van der Waals surface area contributed by atoms with Crippen molar-refractivity contribution in [1.82, 2.24) is 10.2 Å². The number of benzene rings is 2. The third-order valence-corrected chi connectivity index (χ3v) is 6.01. The van der Waals surface area contributed by atoms with Crippen molar-refractivity contribution in [2.75, 3.05) is 38.1 Å². The van der Waals surface area contributed by atoms with Gasteiger partial charge in [0.05, 0.1) is 0 Å². The Balaban J connectivity index is 0.00000256. The lowest BCUT2D eigenvalue weighted by Crippen LogP contribution is -2.40. The summed E-state index contributed by atoms with van der Waals surface area (Å²) in [6.45, 7) is 3.58. The zero-order chi connectivity index (χ0) is 20.1. The van der Waals surface area contributed by atoms with Crippen LogP contribution in [0.25, 0.3) is 0 Å². The summed E-state index contributed by atoms with van der Waals surface area (Å²) in [6, 6.07) is 18.9. The van der Waals surface area contributed by atoms with E-state index >= 15 is 0 Å². The van der Waals surface area contributed by atoms with Crippen LogP contribution in [0.2, 0.25) is 0 Å². The monoisotopic (exact) mass is 518 g/mol. The molecule has 6 heteroatoms. The van der Waals surface area contributed by atoms with Gasteiger partial charge in [0.15, 0.2) is 5.96 Å². The summed E-state index contributed by atoms with van der Waals surface area (Å²) in [4.78, 5) is 21.4. The summed E-state index contributed by atoms with van der Waals surface area (Å²) < 4.78 is 0. The van der Waals surface area contributed by atoms with Crippen LogP contribution >= 0.6 is 24.0 Å². The highest BCUT2D eigenvalue weighted by Gasteiger charge is 2.26. The molecule has 160 valence electrons. The zero-order valence-corrected chi connectivity index (χ0v) is 19.9. The van der Waals surface area contributed by atoms with E-state index in [9.17, 15) is 4.79 Å². The van der Waals surface area contributed by atoms with Crippen molar-refractivity contribution in [3.8, 4) is 0 Å². The van der Waals surface area contributed by atoms with Gasteiger partial charge in [-0.2, -0.15) is 0 Å². The highest BCUT2D eigenvalue weighted by Crippen LogP contribution is 2.28. The van der Waals surface area contributed by atoms with Gasteiger partial charge in [-0.05, 0) is 36.5 Å². The van der Waals surface area contributed by atoms with E-state index in [2.05, 4.69) is 57.7 Å². The highest BCUT2D eigenvalue weighted by molar-refractivity contribution is 14.0. The summed E-state index contributed by atoms with van der Waals surface area (Å²) in [6.07, 6.45) is 3.49. The van der Waals surface area contributed by atoms with E-state index in [1.54, 1.807) is 0 Å². The van der Waals surface area contributed by atoms with Crippen molar-refractivity contribution in [1.29, 1.82) is 0 Å². The van der Waals surface area contributed by atoms with E-state index in [0.717, 1.165) is 57.1 Å². The van der Waals surface area contributed by atoms with Crippen LogP contribution in [-0.4, -0.2) is 50.0 Å². The summed E-state index contributed by atoms with van der Waals surface area (Å²) in [5, 5.41) is 3.45. The molecule has 0 spiro atoms.